The average Bonchev–Trinajstić information content (AvgIpc) is 2.59. The molecule has 0 spiro atoms. The molecule has 0 bridgehead atoms. The second kappa shape index (κ2) is 6.47. The lowest BCUT2D eigenvalue weighted by Gasteiger charge is -2.01. The number of ether oxygens (including phenoxy) is 1. The smallest absolute Gasteiger partial charge is 0.235 e. The maximum absolute atomic E-state index is 11.4. The van der Waals surface area contributed by atoms with E-state index in [-0.39, 0.29) is 5.91 Å². The van der Waals surface area contributed by atoms with Gasteiger partial charge in [-0.25, -0.2) is 0 Å². The normalized spacial score (nSPS) is 10.3. The van der Waals surface area contributed by atoms with Crippen LogP contribution in [0.3, 0.4) is 0 Å². The van der Waals surface area contributed by atoms with Crippen molar-refractivity contribution in [3.63, 3.8) is 0 Å². The van der Waals surface area contributed by atoms with Gasteiger partial charge in [0.2, 0.25) is 5.91 Å². The summed E-state index contributed by atoms with van der Waals surface area (Å²) in [5.41, 5.74) is 0. The van der Waals surface area contributed by atoms with Gasteiger partial charge in [-0.05, 0) is 0 Å². The van der Waals surface area contributed by atoms with E-state index in [1.807, 2.05) is 7.05 Å². The summed E-state index contributed by atoms with van der Waals surface area (Å²) >= 11 is 1.54. The number of rotatable bonds is 6. The second-order valence-corrected chi connectivity index (χ2v) is 4.07. The molecule has 1 amide bonds. The molecule has 5 nitrogen and oxygen atoms in total. The molecule has 0 saturated carbocycles. The highest BCUT2D eigenvalue weighted by Crippen LogP contribution is 2.04. The van der Waals surface area contributed by atoms with Gasteiger partial charge in [0, 0.05) is 32.2 Å². The highest BCUT2D eigenvalue weighted by Gasteiger charge is 2.03. The van der Waals surface area contributed by atoms with Crippen LogP contribution in [0, 0.1) is 0 Å². The van der Waals surface area contributed by atoms with E-state index in [1.54, 1.807) is 35.8 Å². The molecule has 1 heterocycles. The molecular weight excluding hydrogens is 214 g/mol. The van der Waals surface area contributed by atoms with Crippen LogP contribution < -0.4 is 5.32 Å². The van der Waals surface area contributed by atoms with E-state index in [0.29, 0.717) is 18.2 Å². The molecule has 84 valence electrons. The summed E-state index contributed by atoms with van der Waals surface area (Å²) < 4.78 is 6.52. The van der Waals surface area contributed by atoms with Crippen LogP contribution in [0.25, 0.3) is 0 Å². The van der Waals surface area contributed by atoms with Crippen molar-refractivity contribution in [2.45, 2.75) is 0 Å². The number of aryl methyl sites for hydroxylation is 1. The largest absolute Gasteiger partial charge is 0.384 e. The maximum Gasteiger partial charge on any atom is 0.235 e. The first-order valence-corrected chi connectivity index (χ1v) is 5.74. The summed E-state index contributed by atoms with van der Waals surface area (Å²) in [6, 6.07) is 1.76. The molecule has 0 fully saturated rings. The Bertz CT molecular complexity index is 314. The van der Waals surface area contributed by atoms with Crippen molar-refractivity contribution >= 4 is 23.5 Å². The van der Waals surface area contributed by atoms with E-state index in [1.165, 1.54) is 0 Å². The number of carbonyl (C=O) groups is 1. The predicted octanol–water partition coefficient (Wildman–Crippen LogP) is 0.738. The van der Waals surface area contributed by atoms with Crippen LogP contribution in [-0.4, -0.2) is 40.9 Å². The number of aromatic nitrogens is 2. The van der Waals surface area contributed by atoms with Crippen LogP contribution in [0.5, 0.6) is 0 Å². The number of thioether (sulfide) groups is 1. The van der Waals surface area contributed by atoms with E-state index in [4.69, 9.17) is 4.74 Å². The molecule has 0 radical (unpaired) electrons. The minimum Gasteiger partial charge on any atom is -0.384 e. The highest BCUT2D eigenvalue weighted by atomic mass is 32.2. The molecule has 1 aromatic rings. The molecule has 1 aromatic heterocycles. The standard InChI is InChI=1S/C9H15N3O2S/c1-12-4-3-8(11-12)10-9(13)7-15-6-5-14-2/h3-4H,5-7H2,1-2H3,(H,10,11,13). The SMILES string of the molecule is COCCSCC(=O)Nc1ccn(C)n1. The Labute approximate surface area is 93.2 Å². The molecule has 15 heavy (non-hydrogen) atoms. The first-order valence-electron chi connectivity index (χ1n) is 4.58. The lowest BCUT2D eigenvalue weighted by Crippen LogP contribution is -2.15. The van der Waals surface area contributed by atoms with Crippen LogP contribution in [-0.2, 0) is 16.6 Å². The van der Waals surface area contributed by atoms with Gasteiger partial charge in [-0.1, -0.05) is 0 Å². The van der Waals surface area contributed by atoms with Gasteiger partial charge >= 0.3 is 0 Å². The van der Waals surface area contributed by atoms with E-state index < -0.39 is 0 Å². The number of nitrogens with zero attached hydrogens (tertiary/aromatic N) is 2. The number of carbonyl (C=O) groups excluding carboxylic acids is 1. The maximum atomic E-state index is 11.4. The van der Waals surface area contributed by atoms with Crippen molar-refractivity contribution < 1.29 is 9.53 Å². The molecule has 0 aromatic carbocycles. The van der Waals surface area contributed by atoms with Gasteiger partial charge in [0.15, 0.2) is 5.82 Å². The minimum absolute atomic E-state index is 0.0326. The topological polar surface area (TPSA) is 56.1 Å². The number of methoxy groups -OCH3 is 1. The number of nitrogens with one attached hydrogen (secondary N) is 1. The Morgan fingerprint density at radius 2 is 2.53 bits per heavy atom. The zero-order chi connectivity index (χ0) is 11.1. The fourth-order valence-electron chi connectivity index (χ4n) is 0.968. The van der Waals surface area contributed by atoms with E-state index >= 15 is 0 Å². The van der Waals surface area contributed by atoms with Gasteiger partial charge in [-0.2, -0.15) is 5.10 Å². The predicted molar refractivity (Wildman–Crippen MR) is 61.0 cm³/mol. The molecule has 0 aliphatic rings. The Balaban J connectivity index is 2.18. The van der Waals surface area contributed by atoms with Crippen molar-refractivity contribution in [2.24, 2.45) is 7.05 Å². The third-order valence-corrected chi connectivity index (χ3v) is 2.57. The zero-order valence-corrected chi connectivity index (χ0v) is 9.71. The highest BCUT2D eigenvalue weighted by molar-refractivity contribution is 7.99. The first-order chi connectivity index (χ1) is 7.22. The van der Waals surface area contributed by atoms with Crippen LogP contribution in [0.4, 0.5) is 5.82 Å². The lowest BCUT2D eigenvalue weighted by atomic mass is 10.6. The molecular formula is C9H15N3O2S. The van der Waals surface area contributed by atoms with Crippen LogP contribution in [0.2, 0.25) is 0 Å². The van der Waals surface area contributed by atoms with Crippen molar-refractivity contribution in [2.75, 3.05) is 30.5 Å². The summed E-state index contributed by atoms with van der Waals surface area (Å²) in [4.78, 5) is 11.4. The van der Waals surface area contributed by atoms with Crippen molar-refractivity contribution in [1.29, 1.82) is 0 Å². The zero-order valence-electron chi connectivity index (χ0n) is 8.90. The van der Waals surface area contributed by atoms with Crippen LogP contribution in [0.15, 0.2) is 12.3 Å². The quantitative estimate of drug-likeness (QED) is 0.731. The Kier molecular flexibility index (Phi) is 5.20. The molecule has 6 heteroatoms. The fraction of sp³-hybridized carbons (Fsp3) is 0.556. The van der Waals surface area contributed by atoms with Gasteiger partial charge in [-0.15, -0.1) is 11.8 Å². The molecule has 0 unspecified atom stereocenters. The Morgan fingerprint density at radius 3 is 3.13 bits per heavy atom. The number of anilines is 1. The minimum atomic E-state index is -0.0326. The molecule has 1 rings (SSSR count). The molecule has 0 aliphatic carbocycles. The second-order valence-electron chi connectivity index (χ2n) is 2.97. The summed E-state index contributed by atoms with van der Waals surface area (Å²) in [7, 11) is 3.46. The summed E-state index contributed by atoms with van der Waals surface area (Å²) in [5, 5.41) is 6.75. The van der Waals surface area contributed by atoms with E-state index in [9.17, 15) is 4.79 Å². The van der Waals surface area contributed by atoms with Crippen molar-refractivity contribution in [3.05, 3.63) is 12.3 Å². The monoisotopic (exact) mass is 229 g/mol. The van der Waals surface area contributed by atoms with Crippen LogP contribution >= 0.6 is 11.8 Å². The van der Waals surface area contributed by atoms with Crippen molar-refractivity contribution in [3.8, 4) is 0 Å². The Hall–Kier alpha value is -1.01. The van der Waals surface area contributed by atoms with Crippen LogP contribution in [0.1, 0.15) is 0 Å². The third-order valence-electron chi connectivity index (χ3n) is 1.65. The average molecular weight is 229 g/mol. The van der Waals surface area contributed by atoms with Gasteiger partial charge in [-0.3, -0.25) is 9.48 Å². The lowest BCUT2D eigenvalue weighted by molar-refractivity contribution is -0.113. The number of hydrogen-bond donors (Lipinski definition) is 1. The summed E-state index contributed by atoms with van der Waals surface area (Å²) in [6.45, 7) is 0.668. The van der Waals surface area contributed by atoms with E-state index in [0.717, 1.165) is 5.75 Å². The number of amides is 1. The molecule has 0 saturated heterocycles. The first kappa shape index (κ1) is 12.1. The molecule has 0 atom stereocenters. The summed E-state index contributed by atoms with van der Waals surface area (Å²) in [6.07, 6.45) is 1.79. The fourth-order valence-corrected chi connectivity index (χ4v) is 1.65. The van der Waals surface area contributed by atoms with E-state index in [2.05, 4.69) is 10.4 Å². The van der Waals surface area contributed by atoms with Gasteiger partial charge in [0.25, 0.3) is 0 Å². The summed E-state index contributed by atoms with van der Waals surface area (Å²) in [5.74, 6) is 1.82. The van der Waals surface area contributed by atoms with Crippen molar-refractivity contribution in [1.82, 2.24) is 9.78 Å². The van der Waals surface area contributed by atoms with Gasteiger partial charge in [0.05, 0.1) is 12.4 Å². The third kappa shape index (κ3) is 4.85. The van der Waals surface area contributed by atoms with Gasteiger partial charge < -0.3 is 10.1 Å². The molecule has 0 aliphatic heterocycles. The molecule has 1 N–H and O–H groups in total. The van der Waals surface area contributed by atoms with Gasteiger partial charge in [0.1, 0.15) is 0 Å². The number of hydrogen-bond acceptors (Lipinski definition) is 4. The Morgan fingerprint density at radius 1 is 1.73 bits per heavy atom.